The minimum atomic E-state index is -1.24. The number of ether oxygens (including phenoxy) is 2. The molecule has 10 fully saturated rings. The van der Waals surface area contributed by atoms with Gasteiger partial charge in [-0.1, -0.05) is 98.9 Å². The lowest BCUT2D eigenvalue weighted by molar-refractivity contribution is -0.283. The molecule has 494 valence electrons. The molecule has 3 N–H and O–H groups in total. The quantitative estimate of drug-likeness (QED) is 0.124. The van der Waals surface area contributed by atoms with Gasteiger partial charge in [-0.2, -0.15) is 0 Å². The molecule has 19 aliphatic rings. The molecular formula is C84H107N3O6. The lowest BCUT2D eigenvalue weighted by Gasteiger charge is -2.73. The molecule has 0 aromatic heterocycles. The number of aldehydes is 1. The average Bonchev–Trinajstić information content (AvgIpc) is 1.52. The van der Waals surface area contributed by atoms with E-state index in [9.17, 15) is 9.90 Å². The second-order valence-electron chi connectivity index (χ2n) is 36.4. The van der Waals surface area contributed by atoms with Crippen molar-refractivity contribution in [1.29, 1.82) is 0 Å². The third-order valence-corrected chi connectivity index (χ3v) is 33.7. The SMILES string of the molecule is C[C@H]1CC2=C3[C@H]4C5=C6[C@H](/C=C7\C=C\C[C@@H](CCC=O)CC[C@@H]8CC[C@@]9(CCC[C@@H](C9)[C@@H]7C[C@H]7[C@]69C(=O)O/C(=C(/O)C[C@H]6[C@H]%10CC%11(CCCC%11)[C@]%11(CCC[C@@]%11%12CCC[C@@H]%12C#CC[C@H]%11[C@H]%12C[C@@H](CN%116)[C@H](CC2)N3C%12)C%10)[C@@]9(CC5)[C@]72OC(=O)c3c(CCCN)cccc32)C8)C[C@@H]41. The van der Waals surface area contributed by atoms with Gasteiger partial charge in [-0.15, -0.1) is 5.92 Å². The minimum Gasteiger partial charge on any atom is -0.509 e. The van der Waals surface area contributed by atoms with Gasteiger partial charge in [0.1, 0.15) is 17.5 Å². The second-order valence-corrected chi connectivity index (χ2v) is 36.4. The van der Waals surface area contributed by atoms with E-state index in [2.05, 4.69) is 65.0 Å². The Morgan fingerprint density at radius 2 is 1.70 bits per heavy atom. The summed E-state index contributed by atoms with van der Waals surface area (Å²) in [5.74, 6) is 13.2. The zero-order valence-corrected chi connectivity index (χ0v) is 56.3. The summed E-state index contributed by atoms with van der Waals surface area (Å²) in [7, 11) is 0. The number of nitrogens with zero attached hydrogens (tertiary/aromatic N) is 2. The van der Waals surface area contributed by atoms with Crippen molar-refractivity contribution in [2.75, 3.05) is 19.6 Å². The van der Waals surface area contributed by atoms with Crippen molar-refractivity contribution in [3.8, 4) is 11.8 Å². The van der Waals surface area contributed by atoms with Gasteiger partial charge >= 0.3 is 11.9 Å². The van der Waals surface area contributed by atoms with Crippen LogP contribution in [0.1, 0.15) is 253 Å². The van der Waals surface area contributed by atoms with Crippen LogP contribution in [0.2, 0.25) is 0 Å². The summed E-state index contributed by atoms with van der Waals surface area (Å²) in [5, 5.41) is 14.6. The molecule has 1 aromatic rings. The van der Waals surface area contributed by atoms with Gasteiger partial charge in [0.2, 0.25) is 0 Å². The molecule has 13 bridgehead atoms. The fourth-order valence-electron chi connectivity index (χ4n) is 31.0. The maximum absolute atomic E-state index is 17.5. The zero-order valence-electron chi connectivity index (χ0n) is 56.3. The van der Waals surface area contributed by atoms with E-state index in [-0.39, 0.29) is 52.6 Å². The highest BCUT2D eigenvalue weighted by Crippen LogP contribution is 2.89. The van der Waals surface area contributed by atoms with Gasteiger partial charge < -0.3 is 30.0 Å². The summed E-state index contributed by atoms with van der Waals surface area (Å²) < 4.78 is 15.4. The van der Waals surface area contributed by atoms with Gasteiger partial charge in [0.15, 0.2) is 11.4 Å². The predicted octanol–water partition coefficient (Wildman–Crippen LogP) is 16.7. The molecule has 1 aromatic carbocycles. The fourth-order valence-corrected chi connectivity index (χ4v) is 31.0. The number of aliphatic hydroxyl groups is 1. The van der Waals surface area contributed by atoms with Gasteiger partial charge in [-0.3, -0.25) is 9.69 Å². The Labute approximate surface area is 555 Å². The molecule has 7 aliphatic heterocycles. The number of aliphatic hydroxyl groups excluding tert-OH is 1. The van der Waals surface area contributed by atoms with Crippen LogP contribution in [-0.4, -0.2) is 70.9 Å². The highest BCUT2D eigenvalue weighted by atomic mass is 16.6. The molecule has 93 heavy (non-hydrogen) atoms. The highest BCUT2D eigenvalue weighted by Gasteiger charge is 2.94. The van der Waals surface area contributed by atoms with E-state index in [4.69, 9.17) is 15.2 Å². The van der Waals surface area contributed by atoms with Gasteiger partial charge in [-0.25, -0.2) is 4.79 Å². The lowest BCUT2D eigenvalue weighted by Crippen LogP contribution is -2.78. The van der Waals surface area contributed by atoms with Crippen molar-refractivity contribution >= 4 is 18.2 Å². The number of carbonyl (C=O) groups is 3. The summed E-state index contributed by atoms with van der Waals surface area (Å²) >= 11 is 0. The number of hydrogen-bond donors (Lipinski definition) is 2. The molecule has 9 nitrogen and oxygen atoms in total. The first-order valence-corrected chi connectivity index (χ1v) is 39.4. The number of rotatable bonds is 6. The summed E-state index contributed by atoms with van der Waals surface area (Å²) in [5.41, 5.74) is 14.3. The Morgan fingerprint density at radius 3 is 2.59 bits per heavy atom. The molecule has 7 spiro atoms. The van der Waals surface area contributed by atoms with Gasteiger partial charge in [0, 0.05) is 85.4 Å². The molecular weight excluding hydrogens is 1150 g/mol. The Bertz CT molecular complexity index is 3600. The maximum Gasteiger partial charge on any atom is 0.339 e. The molecule has 9 heteroatoms. The summed E-state index contributed by atoms with van der Waals surface area (Å²) in [6.07, 6.45) is 49.5. The van der Waals surface area contributed by atoms with Crippen LogP contribution in [0.4, 0.5) is 0 Å². The topological polar surface area (TPSA) is 122 Å². The molecule has 7 heterocycles. The van der Waals surface area contributed by atoms with E-state index in [1.54, 1.807) is 11.3 Å². The molecule has 7 saturated carbocycles. The van der Waals surface area contributed by atoms with Crippen molar-refractivity contribution < 1.29 is 29.0 Å². The number of piperidine rings is 2. The predicted molar refractivity (Wildman–Crippen MR) is 359 cm³/mol. The fraction of sp³-hybridized carbons (Fsp3) is 0.750. The van der Waals surface area contributed by atoms with Crippen LogP contribution >= 0.6 is 0 Å². The Morgan fingerprint density at radius 1 is 0.817 bits per heavy atom. The van der Waals surface area contributed by atoms with E-state index >= 15 is 9.59 Å². The van der Waals surface area contributed by atoms with Crippen LogP contribution in [0, 0.1) is 121 Å². The number of nitrogens with two attached hydrogens (primary N) is 1. The van der Waals surface area contributed by atoms with E-state index in [1.165, 1.54) is 171 Å². The van der Waals surface area contributed by atoms with Crippen molar-refractivity contribution in [3.05, 3.63) is 92.6 Å². The molecule has 12 aliphatic carbocycles. The van der Waals surface area contributed by atoms with Crippen molar-refractivity contribution in [3.63, 3.8) is 0 Å². The maximum atomic E-state index is 17.5. The summed E-state index contributed by atoms with van der Waals surface area (Å²) in [6.45, 7) is 5.28. The molecule has 0 unspecified atom stereocenters. The molecule has 0 radical (unpaired) electrons. The summed E-state index contributed by atoms with van der Waals surface area (Å²) in [4.78, 5) is 51.8. The van der Waals surface area contributed by atoms with Crippen molar-refractivity contribution in [2.45, 2.75) is 262 Å². The van der Waals surface area contributed by atoms with E-state index in [1.807, 2.05) is 0 Å². The number of carbonyl (C=O) groups excluding carboxylic acids is 3. The molecule has 20 rings (SSSR count). The van der Waals surface area contributed by atoms with Crippen LogP contribution in [0.3, 0.4) is 0 Å². The van der Waals surface area contributed by atoms with Crippen molar-refractivity contribution in [2.24, 2.45) is 115 Å². The molecule has 3 saturated heterocycles. The van der Waals surface area contributed by atoms with E-state index in [0.29, 0.717) is 114 Å². The van der Waals surface area contributed by atoms with Crippen LogP contribution in [0.5, 0.6) is 0 Å². The standard InChI is InChI=1S/C84H107N3O6/c1-50-38-55-24-25-67-58-40-59-49-87(67)74(55)72-62-27-35-82-75(69(89)43-68-60-46-79(29-2-3-30-79)81(47-60)33-11-32-80(81)31-8-19-61(80)18-6-21-66(59)86(68)48-58)92-77(91)83(82)70(84(82)65-20-5-14-53(17-9-36-85)71(65)76(90)93-84)42-64-54(39-57(73(62)83)41-63(50)72)15-4-12-51(13-10-37-88)22-23-52-26-34-78(44-52)28-7-16-56(64)45-78/h4-5,14-15,20,37,39,50-52,56-61,63-64,66-68,70,72,89H,2-3,7-13,16-17,19,21-36,38,40-49,85H2,1H3/b15-4+,54-39+,75-69+/t50-,51-,52+,56-,57+,58-,59-,60-,61-,63+,64+,66-,67-,68-,70-,72-,78-,80+,81-,82+,83+,84+/m0/s1. The van der Waals surface area contributed by atoms with Gasteiger partial charge in [0.25, 0.3) is 0 Å². The first kappa shape index (κ1) is 58.7. The van der Waals surface area contributed by atoms with E-state index < -0.39 is 22.3 Å². The number of fused-ring (bicyclic) bond motifs is 12. The molecule has 22 atom stereocenters. The molecule has 0 amide bonds. The Kier molecular flexibility index (Phi) is 13.2. The van der Waals surface area contributed by atoms with Crippen LogP contribution < -0.4 is 5.73 Å². The van der Waals surface area contributed by atoms with Crippen LogP contribution in [0.25, 0.3) is 0 Å². The third-order valence-electron chi connectivity index (χ3n) is 33.7. The normalized spacial score (nSPS) is 49.7. The number of benzene rings is 1. The number of allylic oxidation sites excluding steroid dienone is 6. The smallest absolute Gasteiger partial charge is 0.339 e. The third kappa shape index (κ3) is 7.45. The lowest BCUT2D eigenvalue weighted by atomic mass is 9.27. The van der Waals surface area contributed by atoms with Crippen LogP contribution in [0.15, 0.2) is 75.9 Å². The highest BCUT2D eigenvalue weighted by molar-refractivity contribution is 6.00. The number of hydrogen-bond acceptors (Lipinski definition) is 9. The monoisotopic (exact) mass is 1250 g/mol. The van der Waals surface area contributed by atoms with Gasteiger partial charge in [0.05, 0.1) is 11.0 Å². The number of aryl methyl sites for hydroxylation is 1. The minimum absolute atomic E-state index is 0.0101. The second kappa shape index (κ2) is 20.8. The summed E-state index contributed by atoms with van der Waals surface area (Å²) in [6, 6.07) is 7.42. The van der Waals surface area contributed by atoms with Crippen molar-refractivity contribution in [1.82, 2.24) is 9.80 Å². The zero-order chi connectivity index (χ0) is 62.2. The first-order valence-electron chi connectivity index (χ1n) is 39.4. The van der Waals surface area contributed by atoms with E-state index in [0.717, 1.165) is 87.8 Å². The Hall–Kier alpha value is -4.39. The largest absolute Gasteiger partial charge is 0.509 e. The van der Waals surface area contributed by atoms with Crippen LogP contribution in [-0.2, 0) is 31.1 Å². The average molecular weight is 1250 g/mol. The van der Waals surface area contributed by atoms with Gasteiger partial charge in [-0.05, 0) is 272 Å². The first-order chi connectivity index (χ1) is 45.4. The number of esters is 2. The Balaban J connectivity index is 0.850.